The van der Waals surface area contributed by atoms with Gasteiger partial charge in [0.05, 0.1) is 11.6 Å². The predicted octanol–water partition coefficient (Wildman–Crippen LogP) is 2.44. The predicted molar refractivity (Wildman–Crippen MR) is 147 cm³/mol. The highest BCUT2D eigenvalue weighted by molar-refractivity contribution is 6.33. The number of carbonyl (C=O) groups is 3. The van der Waals surface area contributed by atoms with Gasteiger partial charge in [-0.25, -0.2) is 0 Å². The minimum Gasteiger partial charge on any atom is -0.510 e. The number of nitrogens with one attached hydrogen (secondary N) is 1. The Labute approximate surface area is 237 Å². The number of phenols is 1. The van der Waals surface area contributed by atoms with Gasteiger partial charge in [-0.15, -0.1) is 0 Å². The first-order chi connectivity index (χ1) is 18.9. The summed E-state index contributed by atoms with van der Waals surface area (Å²) in [5, 5.41) is 48.6. The van der Waals surface area contributed by atoms with Gasteiger partial charge in [0.1, 0.15) is 22.8 Å². The van der Waals surface area contributed by atoms with Gasteiger partial charge in [-0.05, 0) is 75.4 Å². The molecule has 5 rings (SSSR count). The van der Waals surface area contributed by atoms with E-state index < -0.39 is 58.0 Å². The van der Waals surface area contributed by atoms with E-state index in [4.69, 9.17) is 17.3 Å². The maximum atomic E-state index is 13.7. The smallest absolute Gasteiger partial charge is 0.255 e. The van der Waals surface area contributed by atoms with Gasteiger partial charge >= 0.3 is 0 Å². The Hall–Kier alpha value is -2.92. The van der Waals surface area contributed by atoms with E-state index in [1.54, 1.807) is 14.1 Å². The van der Waals surface area contributed by atoms with Gasteiger partial charge in [0.2, 0.25) is 5.78 Å². The molecule has 4 aliphatic carbocycles. The van der Waals surface area contributed by atoms with Crippen LogP contribution < -0.4 is 11.1 Å². The second-order valence-corrected chi connectivity index (χ2v) is 12.2. The van der Waals surface area contributed by atoms with Crippen LogP contribution in [0.25, 0.3) is 0 Å². The lowest BCUT2D eigenvalue weighted by molar-refractivity contribution is -0.148. The molecule has 1 aromatic rings. The number of carbonyl (C=O) groups excluding carboxylic acids is 3. The maximum Gasteiger partial charge on any atom is 0.255 e. The summed E-state index contributed by atoms with van der Waals surface area (Å²) >= 11 is 6.80. The molecule has 11 heteroatoms. The number of aliphatic hydroxyl groups excluding tert-OH is 2. The molecule has 0 aliphatic heterocycles. The number of rotatable bonds is 6. The van der Waals surface area contributed by atoms with Crippen molar-refractivity contribution in [3.8, 4) is 5.75 Å². The van der Waals surface area contributed by atoms with Crippen LogP contribution in [0.15, 0.2) is 28.7 Å². The maximum absolute atomic E-state index is 13.7. The number of fused-ring (bicyclic) bond motifs is 3. The molecule has 0 radical (unpaired) electrons. The van der Waals surface area contributed by atoms with Crippen LogP contribution in [0.4, 0.5) is 0 Å². The van der Waals surface area contributed by atoms with Crippen molar-refractivity contribution in [3.63, 3.8) is 0 Å². The van der Waals surface area contributed by atoms with Crippen LogP contribution in [0.3, 0.4) is 0 Å². The number of benzene rings is 1. The standard InChI is InChI=1S/C29H36ClN3O7/c1-33(2)23-17-9-14-8-16-20(18(34)10-15(22(16)30)12-32-11-13-6-4-3-5-7-13)24(35)19(14)26(37)29(17,40)27(38)21(25(23)36)28(31)39/h10,13-14,17,23,32,34,36-37,40H,3-9,11-12H2,1-2H3,(H2,31,39)/t14-,17-,23-,29-/m0/s1. The van der Waals surface area contributed by atoms with Crippen molar-refractivity contribution < 1.29 is 34.8 Å². The monoisotopic (exact) mass is 573 g/mol. The number of nitrogens with zero attached hydrogens (tertiary/aromatic N) is 1. The fourth-order valence-electron chi connectivity index (χ4n) is 7.28. The van der Waals surface area contributed by atoms with Crippen LogP contribution in [-0.2, 0) is 22.6 Å². The summed E-state index contributed by atoms with van der Waals surface area (Å²) < 4.78 is 0. The summed E-state index contributed by atoms with van der Waals surface area (Å²) in [6.45, 7) is 1.25. The first-order valence-corrected chi connectivity index (χ1v) is 14.2. The van der Waals surface area contributed by atoms with Crippen molar-refractivity contribution in [3.05, 3.63) is 50.4 Å². The molecule has 4 atom stereocenters. The Morgan fingerprint density at radius 3 is 2.48 bits per heavy atom. The highest BCUT2D eigenvalue weighted by Gasteiger charge is 2.63. The zero-order valence-electron chi connectivity index (χ0n) is 22.7. The Morgan fingerprint density at radius 2 is 1.85 bits per heavy atom. The van der Waals surface area contributed by atoms with E-state index in [1.165, 1.54) is 43.1 Å². The summed E-state index contributed by atoms with van der Waals surface area (Å²) in [5.74, 6) is -6.19. The molecule has 0 heterocycles. The third-order valence-corrected chi connectivity index (χ3v) is 9.67. The van der Waals surface area contributed by atoms with Crippen molar-refractivity contribution in [2.24, 2.45) is 23.5 Å². The number of hydrogen-bond donors (Lipinski definition) is 6. The molecule has 1 fully saturated rings. The normalized spacial score (nSPS) is 29.0. The number of likely N-dealkylation sites (N-methyl/N-ethyl adjacent to an activating group) is 1. The lowest BCUT2D eigenvalue weighted by atomic mass is 9.58. The minimum atomic E-state index is -2.66. The molecule has 0 unspecified atom stereocenters. The van der Waals surface area contributed by atoms with Crippen LogP contribution >= 0.6 is 11.6 Å². The number of phenolic OH excluding ortho intramolecular Hbond substituents is 1. The molecule has 0 bridgehead atoms. The minimum absolute atomic E-state index is 0.0208. The van der Waals surface area contributed by atoms with Gasteiger partial charge in [-0.3, -0.25) is 19.3 Å². The van der Waals surface area contributed by atoms with Crippen molar-refractivity contribution in [1.29, 1.82) is 0 Å². The van der Waals surface area contributed by atoms with E-state index >= 15 is 0 Å². The topological polar surface area (TPSA) is 173 Å². The Morgan fingerprint density at radius 1 is 1.18 bits per heavy atom. The van der Waals surface area contributed by atoms with Crippen LogP contribution in [0.1, 0.15) is 60.0 Å². The summed E-state index contributed by atoms with van der Waals surface area (Å²) in [5.41, 5.74) is 2.68. The molecule has 4 aliphatic rings. The highest BCUT2D eigenvalue weighted by Crippen LogP contribution is 2.53. The van der Waals surface area contributed by atoms with Gasteiger partial charge < -0.3 is 31.5 Å². The summed E-state index contributed by atoms with van der Waals surface area (Å²) in [6, 6.07) is 0.398. The largest absolute Gasteiger partial charge is 0.510 e. The van der Waals surface area contributed by atoms with E-state index in [9.17, 15) is 34.8 Å². The molecule has 40 heavy (non-hydrogen) atoms. The van der Waals surface area contributed by atoms with Crippen molar-refractivity contribution in [1.82, 2.24) is 10.2 Å². The van der Waals surface area contributed by atoms with Gasteiger partial charge in [0.15, 0.2) is 11.4 Å². The first-order valence-electron chi connectivity index (χ1n) is 13.8. The molecule has 216 valence electrons. The summed E-state index contributed by atoms with van der Waals surface area (Å²) in [6.07, 6.45) is 6.27. The third kappa shape index (κ3) is 4.32. The summed E-state index contributed by atoms with van der Waals surface area (Å²) in [4.78, 5) is 40.7. The molecule has 0 saturated heterocycles. The van der Waals surface area contributed by atoms with E-state index in [0.717, 1.165) is 6.54 Å². The van der Waals surface area contributed by atoms with Gasteiger partial charge in [0, 0.05) is 23.1 Å². The molecule has 7 N–H and O–H groups in total. The average Bonchev–Trinajstić information content (AvgIpc) is 2.89. The lowest BCUT2D eigenvalue weighted by Crippen LogP contribution is -2.63. The molecule has 1 aromatic carbocycles. The number of Topliss-reactive ketones (excluding diaryl/α,β-unsaturated/α-hetero) is 2. The second kappa shape index (κ2) is 10.5. The average molecular weight is 574 g/mol. The number of amides is 1. The SMILES string of the molecule is CN(C)[C@@H]1C(O)=C(C(N)=O)C(=O)[C@@]2(O)C(O)=C3C(=O)c4c(O)cc(CNCC5CCCCC5)c(Cl)c4C[C@H]3C[C@@H]12. The van der Waals surface area contributed by atoms with Gasteiger partial charge in [-0.1, -0.05) is 30.9 Å². The van der Waals surface area contributed by atoms with Crippen LogP contribution in [0.2, 0.25) is 5.02 Å². The fraction of sp³-hybridized carbons (Fsp3) is 0.552. The number of aliphatic hydroxyl groups is 3. The number of ketones is 2. The first kappa shape index (κ1) is 28.6. The molecular formula is C29H36ClN3O7. The molecule has 0 aromatic heterocycles. The lowest BCUT2D eigenvalue weighted by Gasteiger charge is -2.50. The zero-order valence-corrected chi connectivity index (χ0v) is 23.4. The Bertz CT molecular complexity index is 1350. The van der Waals surface area contributed by atoms with E-state index in [0.29, 0.717) is 28.6 Å². The van der Waals surface area contributed by atoms with Crippen LogP contribution in [-0.4, -0.2) is 75.1 Å². The third-order valence-electron chi connectivity index (χ3n) is 9.20. The molecular weight excluding hydrogens is 538 g/mol. The van der Waals surface area contributed by atoms with Crippen molar-refractivity contribution in [2.45, 2.75) is 63.1 Å². The Kier molecular flexibility index (Phi) is 7.50. The fourth-order valence-corrected chi connectivity index (χ4v) is 7.58. The summed E-state index contributed by atoms with van der Waals surface area (Å²) in [7, 11) is 3.18. The van der Waals surface area contributed by atoms with Gasteiger partial charge in [0.25, 0.3) is 5.91 Å². The number of hydrogen-bond acceptors (Lipinski definition) is 9. The second-order valence-electron chi connectivity index (χ2n) is 11.8. The van der Waals surface area contributed by atoms with Crippen LogP contribution in [0.5, 0.6) is 5.75 Å². The molecule has 10 nitrogen and oxygen atoms in total. The number of allylic oxidation sites excluding steroid dienone is 1. The van der Waals surface area contributed by atoms with E-state index in [-0.39, 0.29) is 29.7 Å². The highest BCUT2D eigenvalue weighted by atomic mass is 35.5. The van der Waals surface area contributed by atoms with Crippen molar-refractivity contribution in [2.75, 3.05) is 20.6 Å². The Balaban J connectivity index is 1.53. The van der Waals surface area contributed by atoms with E-state index in [2.05, 4.69) is 5.32 Å². The number of aromatic hydroxyl groups is 1. The number of halogens is 1. The van der Waals surface area contributed by atoms with Gasteiger partial charge in [-0.2, -0.15) is 0 Å². The molecule has 1 amide bonds. The van der Waals surface area contributed by atoms with Crippen LogP contribution in [0, 0.1) is 17.8 Å². The van der Waals surface area contributed by atoms with E-state index in [1.807, 2.05) is 0 Å². The van der Waals surface area contributed by atoms with Crippen molar-refractivity contribution >= 4 is 29.1 Å². The molecule has 0 spiro atoms. The quantitative estimate of drug-likeness (QED) is 0.279. The number of nitrogens with two attached hydrogens (primary N) is 1. The number of primary amides is 1. The zero-order chi connectivity index (χ0) is 29.1. The molecule has 1 saturated carbocycles.